The number of phosphoric acid groups is 1. The Labute approximate surface area is 243 Å². The number of carbonyl (C=O) groups is 2. The maximum Gasteiger partial charge on any atom is 0.270 e. The van der Waals surface area contributed by atoms with Gasteiger partial charge in [0.15, 0.2) is 0 Å². The summed E-state index contributed by atoms with van der Waals surface area (Å²) in [6, 6.07) is 7.59. The molecule has 0 unspecified atom stereocenters. The highest BCUT2D eigenvalue weighted by Crippen LogP contribution is 2.51. The number of aryl methyl sites for hydroxylation is 1. The van der Waals surface area contributed by atoms with Crippen molar-refractivity contribution in [1.82, 2.24) is 24.9 Å². The Morgan fingerprint density at radius 2 is 1.76 bits per heavy atom. The molecule has 2 heterocycles. The van der Waals surface area contributed by atoms with Crippen LogP contribution in [0.3, 0.4) is 0 Å². The van der Waals surface area contributed by atoms with E-state index in [1.54, 1.807) is 39.0 Å². The fourth-order valence-electron chi connectivity index (χ4n) is 5.67. The Morgan fingerprint density at radius 1 is 1.12 bits per heavy atom. The number of phosphoric ester groups is 1. The molecule has 0 bridgehead atoms. The second-order valence-corrected chi connectivity index (χ2v) is 12.4. The molecular weight excluding hydrogens is 563 g/mol. The van der Waals surface area contributed by atoms with Gasteiger partial charge in [0.1, 0.15) is 18.5 Å². The van der Waals surface area contributed by atoms with E-state index in [0.29, 0.717) is 28.9 Å². The zero-order chi connectivity index (χ0) is 30.2. The smallest absolute Gasteiger partial charge is 0.270 e. The number of hydrogen-bond donors (Lipinski definition) is 3. The van der Waals surface area contributed by atoms with E-state index < -0.39 is 26.5 Å². The number of nitrogens with zero attached hydrogens (tertiary/aromatic N) is 4. The summed E-state index contributed by atoms with van der Waals surface area (Å²) >= 11 is 0. The van der Waals surface area contributed by atoms with E-state index >= 15 is 0 Å². The van der Waals surface area contributed by atoms with E-state index in [1.165, 1.54) is 15.6 Å². The van der Waals surface area contributed by atoms with Crippen molar-refractivity contribution in [3.8, 4) is 11.1 Å². The van der Waals surface area contributed by atoms with Crippen LogP contribution in [0.5, 0.6) is 0 Å². The molecule has 14 heteroatoms. The van der Waals surface area contributed by atoms with Gasteiger partial charge in [0.05, 0.1) is 26.2 Å². The minimum Gasteiger partial charge on any atom is -0.790 e. The molecule has 2 fully saturated rings. The highest BCUT2D eigenvalue weighted by molar-refractivity contribution is 7.43. The van der Waals surface area contributed by atoms with Crippen molar-refractivity contribution < 1.29 is 33.6 Å². The number of nitrogens with one attached hydrogen (secondary N) is 2. The molecular formula is C28H35N6O7P-2. The zero-order valence-corrected chi connectivity index (χ0v) is 24.6. The Morgan fingerprint density at radius 3 is 2.33 bits per heavy atom. The van der Waals surface area contributed by atoms with Gasteiger partial charge >= 0.3 is 0 Å². The van der Waals surface area contributed by atoms with E-state index in [9.17, 15) is 29.0 Å². The summed E-state index contributed by atoms with van der Waals surface area (Å²) in [5.41, 5.74) is 3.61. The van der Waals surface area contributed by atoms with E-state index in [0.717, 1.165) is 36.8 Å². The number of carbonyl (C=O) groups excluding carboxylic acids is 2. The summed E-state index contributed by atoms with van der Waals surface area (Å²) in [6.45, 7) is 4.57. The van der Waals surface area contributed by atoms with Gasteiger partial charge in [-0.15, -0.1) is 0 Å². The SMILES string of the molecule is Cc1nn(COP(=O)([O-])[O-])c(C)c1-c1ccc(NC(=O)[C@@H](NC(=O)c2ccnn2[C@@H](C)CO)C(C2CC2)C2CC2)cc1. The fraction of sp³-hybridized carbons (Fsp3) is 0.500. The Bertz CT molecular complexity index is 1480. The van der Waals surface area contributed by atoms with Crippen molar-refractivity contribution in [1.29, 1.82) is 0 Å². The third-order valence-corrected chi connectivity index (χ3v) is 8.46. The molecule has 2 aliphatic rings. The third-order valence-electron chi connectivity index (χ3n) is 8.03. The molecule has 13 nitrogen and oxygen atoms in total. The molecule has 0 aliphatic heterocycles. The number of benzene rings is 1. The summed E-state index contributed by atoms with van der Waals surface area (Å²) in [7, 11) is -5.14. The molecule has 0 radical (unpaired) electrons. The van der Waals surface area contributed by atoms with Crippen molar-refractivity contribution in [2.45, 2.75) is 65.3 Å². The summed E-state index contributed by atoms with van der Waals surface area (Å²) in [6.07, 6.45) is 5.64. The zero-order valence-electron chi connectivity index (χ0n) is 23.7. The van der Waals surface area contributed by atoms with Crippen LogP contribution in [0.25, 0.3) is 11.1 Å². The number of anilines is 1. The van der Waals surface area contributed by atoms with Gasteiger partial charge in [-0.3, -0.25) is 14.3 Å². The van der Waals surface area contributed by atoms with Crippen LogP contribution < -0.4 is 20.4 Å². The lowest BCUT2D eigenvalue weighted by molar-refractivity contribution is -0.344. The number of amides is 2. The molecule has 3 aromatic rings. The summed E-state index contributed by atoms with van der Waals surface area (Å²) in [4.78, 5) is 48.9. The van der Waals surface area contributed by atoms with Crippen LogP contribution in [-0.2, 0) is 20.6 Å². The average molecular weight is 599 g/mol. The van der Waals surface area contributed by atoms with Gasteiger partial charge in [-0.25, -0.2) is 4.68 Å². The molecule has 1 aromatic carbocycles. The topological polar surface area (TPSA) is 186 Å². The second-order valence-electron chi connectivity index (χ2n) is 11.2. The van der Waals surface area contributed by atoms with Gasteiger partial charge in [-0.05, 0) is 88.0 Å². The van der Waals surface area contributed by atoms with Crippen LogP contribution in [0, 0.1) is 31.6 Å². The van der Waals surface area contributed by atoms with E-state index in [4.69, 9.17) is 0 Å². The molecule has 2 aromatic heterocycles. The molecule has 3 N–H and O–H groups in total. The van der Waals surface area contributed by atoms with Gasteiger partial charge in [0, 0.05) is 23.1 Å². The third kappa shape index (κ3) is 6.82. The van der Waals surface area contributed by atoms with Crippen LogP contribution in [0.2, 0.25) is 0 Å². The first-order valence-corrected chi connectivity index (χ1v) is 15.5. The van der Waals surface area contributed by atoms with Crippen LogP contribution >= 0.6 is 7.82 Å². The first kappa shape index (κ1) is 30.1. The minimum atomic E-state index is -5.14. The van der Waals surface area contributed by atoms with Gasteiger partial charge in [0.2, 0.25) is 5.91 Å². The molecule has 0 saturated heterocycles. The Hall–Kier alpha value is -3.35. The second kappa shape index (κ2) is 12.1. The Kier molecular flexibility index (Phi) is 8.68. The minimum absolute atomic E-state index is 0.0387. The number of rotatable bonds is 13. The van der Waals surface area contributed by atoms with Gasteiger partial charge in [-0.1, -0.05) is 12.1 Å². The summed E-state index contributed by atoms with van der Waals surface area (Å²) < 4.78 is 18.0. The lowest BCUT2D eigenvalue weighted by atomic mass is 9.88. The van der Waals surface area contributed by atoms with Gasteiger partial charge in [-0.2, -0.15) is 10.2 Å². The van der Waals surface area contributed by atoms with Crippen molar-refractivity contribution >= 4 is 25.3 Å². The first-order chi connectivity index (χ1) is 20.0. The van der Waals surface area contributed by atoms with E-state index in [2.05, 4.69) is 25.4 Å². The van der Waals surface area contributed by atoms with Gasteiger partial charge in [0.25, 0.3) is 5.91 Å². The molecule has 226 valence electrons. The van der Waals surface area contributed by atoms with Crippen molar-refractivity contribution in [2.75, 3.05) is 11.9 Å². The number of aliphatic hydroxyl groups excluding tert-OH is 1. The highest BCUT2D eigenvalue weighted by atomic mass is 31.2. The predicted molar refractivity (Wildman–Crippen MR) is 149 cm³/mol. The summed E-state index contributed by atoms with van der Waals surface area (Å²) in [5.74, 6) is 0.114. The molecule has 2 saturated carbocycles. The van der Waals surface area contributed by atoms with Crippen molar-refractivity contribution in [3.05, 3.63) is 53.6 Å². The molecule has 2 aliphatic carbocycles. The predicted octanol–water partition coefficient (Wildman–Crippen LogP) is 1.89. The number of aliphatic hydroxyl groups is 1. The fourth-order valence-corrected chi connectivity index (χ4v) is 5.92. The molecule has 0 spiro atoms. The average Bonchev–Trinajstić information content (AvgIpc) is 3.88. The maximum atomic E-state index is 13.7. The maximum absolute atomic E-state index is 13.7. The van der Waals surface area contributed by atoms with Crippen LogP contribution in [0.15, 0.2) is 36.5 Å². The number of hydrogen-bond acceptors (Lipinski definition) is 9. The summed E-state index contributed by atoms with van der Waals surface area (Å²) in [5, 5.41) is 24.0. The van der Waals surface area contributed by atoms with Crippen LogP contribution in [0.1, 0.15) is 60.5 Å². The monoisotopic (exact) mass is 598 g/mol. The molecule has 42 heavy (non-hydrogen) atoms. The normalized spacial score (nSPS) is 16.8. The lowest BCUT2D eigenvalue weighted by Gasteiger charge is -2.28. The first-order valence-electron chi connectivity index (χ1n) is 14.0. The van der Waals surface area contributed by atoms with E-state index in [-0.39, 0.29) is 30.2 Å². The lowest BCUT2D eigenvalue weighted by Crippen LogP contribution is -2.50. The largest absolute Gasteiger partial charge is 0.790 e. The number of aromatic nitrogens is 4. The molecule has 2 amide bonds. The van der Waals surface area contributed by atoms with Crippen molar-refractivity contribution in [2.24, 2.45) is 17.8 Å². The van der Waals surface area contributed by atoms with E-state index in [1.807, 2.05) is 12.1 Å². The Balaban J connectivity index is 1.33. The quantitative estimate of drug-likeness (QED) is 0.247. The van der Waals surface area contributed by atoms with Crippen molar-refractivity contribution in [3.63, 3.8) is 0 Å². The standard InChI is InChI=1S/C28H37N6O7P/c1-16(14-35)34-23(12-13-29-34)27(36)31-26(25(20-4-5-20)21-6-7-21)28(37)30-22-10-8-19(9-11-22)24-17(2)32-33(18(24)3)15-41-42(38,39)40/h8-13,16,20-21,25-26,35H,4-7,14-15H2,1-3H3,(H,30,37)(H,31,36)(H2,38,39,40)/p-2/t16-,26-/m0/s1. The molecule has 2 atom stereocenters. The molecule has 5 rings (SSSR count). The highest BCUT2D eigenvalue weighted by Gasteiger charge is 2.48. The van der Waals surface area contributed by atoms with Crippen LogP contribution in [-0.4, -0.2) is 49.1 Å². The van der Waals surface area contributed by atoms with Crippen LogP contribution in [0.4, 0.5) is 5.69 Å². The van der Waals surface area contributed by atoms with Gasteiger partial charge < -0.3 is 34.6 Å².